The highest BCUT2D eigenvalue weighted by atomic mass is 32.2. The predicted octanol–water partition coefficient (Wildman–Crippen LogP) is 3.58. The molecule has 0 N–H and O–H groups in total. The number of hydrogen-bond donors (Lipinski definition) is 0. The molecule has 1 aliphatic rings. The van der Waals surface area contributed by atoms with Crippen molar-refractivity contribution in [3.8, 4) is 0 Å². The lowest BCUT2D eigenvalue weighted by Gasteiger charge is -2.27. The maximum Gasteiger partial charge on any atom is 0.245 e. The summed E-state index contributed by atoms with van der Waals surface area (Å²) in [5, 5.41) is 0. The van der Waals surface area contributed by atoms with E-state index in [-0.39, 0.29) is 10.9 Å². The molecule has 0 spiro atoms. The molecule has 2 aromatic rings. The fourth-order valence-electron chi connectivity index (χ4n) is 2.60. The topological polar surface area (TPSA) is 75.0 Å². The molecule has 0 aliphatic carbocycles. The third-order valence-electron chi connectivity index (χ3n) is 3.82. The summed E-state index contributed by atoms with van der Waals surface area (Å²) in [4.78, 5) is 4.18. The van der Waals surface area contributed by atoms with Gasteiger partial charge in [0.05, 0.1) is 11.4 Å². The van der Waals surface area contributed by atoms with Crippen LogP contribution in [0.5, 0.6) is 0 Å². The van der Waals surface area contributed by atoms with Crippen molar-refractivity contribution >= 4 is 32.8 Å². The third-order valence-corrected chi connectivity index (χ3v) is 6.26. The van der Waals surface area contributed by atoms with Crippen LogP contribution in [-0.4, -0.2) is 24.8 Å². The molecule has 1 atom stereocenters. The Morgan fingerprint density at radius 1 is 1.17 bits per heavy atom. The monoisotopic (exact) mass is 348 g/mol. The lowest BCUT2D eigenvalue weighted by atomic mass is 10.1. The van der Waals surface area contributed by atoms with Gasteiger partial charge in [-0.2, -0.15) is 13.0 Å². The summed E-state index contributed by atoms with van der Waals surface area (Å²) in [6, 6.07) is 8.45. The standard InChI is InChI=1S/C15H16N4O2S2/c1-3-13(11-7-9-16-10-8-11)19(2)23(20,21)14-6-4-5-12-15(14)18-22-17-12/h4-10,13H,3H2,1-2H3/t13-/m0/s1. The van der Waals surface area contributed by atoms with Crippen LogP contribution < -0.4 is 0 Å². The number of hydrogen-bond acceptors (Lipinski definition) is 5. The van der Waals surface area contributed by atoms with Gasteiger partial charge in [-0.05, 0) is 36.2 Å². The maximum atomic E-state index is 13.1. The van der Waals surface area contributed by atoms with Gasteiger partial charge in [-0.15, -0.1) is 0 Å². The van der Waals surface area contributed by atoms with Crippen LogP contribution in [-0.2, 0) is 21.4 Å². The van der Waals surface area contributed by atoms with Crippen molar-refractivity contribution in [1.29, 1.82) is 0 Å². The summed E-state index contributed by atoms with van der Waals surface area (Å²) in [6.07, 6.45) is 4.00. The van der Waals surface area contributed by atoms with Gasteiger partial charge in [0.25, 0.3) is 0 Å². The number of sulfonamides is 1. The van der Waals surface area contributed by atoms with Crippen molar-refractivity contribution in [2.75, 3.05) is 7.05 Å². The second-order valence-corrected chi connectivity index (χ2v) is 7.61. The van der Waals surface area contributed by atoms with E-state index >= 15 is 0 Å². The lowest BCUT2D eigenvalue weighted by molar-refractivity contribution is 0.367. The van der Waals surface area contributed by atoms with Crippen LogP contribution in [0.4, 0.5) is 11.4 Å². The van der Waals surface area contributed by atoms with E-state index < -0.39 is 10.0 Å². The zero-order valence-electron chi connectivity index (χ0n) is 12.7. The van der Waals surface area contributed by atoms with Crippen LogP contribution >= 0.6 is 0 Å². The molecular formula is C15H16N4O2S2. The largest absolute Gasteiger partial charge is 0.265 e. The first-order valence-electron chi connectivity index (χ1n) is 7.15. The number of pyridine rings is 1. The molecule has 0 saturated carbocycles. The molecule has 1 aromatic carbocycles. The molecule has 6 nitrogen and oxygen atoms in total. The van der Waals surface area contributed by atoms with Crippen molar-refractivity contribution in [2.24, 2.45) is 8.73 Å². The van der Waals surface area contributed by atoms with Crippen LogP contribution in [0.3, 0.4) is 0 Å². The molecule has 0 amide bonds. The third kappa shape index (κ3) is 2.85. The molecule has 3 rings (SSSR count). The van der Waals surface area contributed by atoms with Gasteiger partial charge in [-0.3, -0.25) is 4.98 Å². The Morgan fingerprint density at radius 3 is 2.61 bits per heavy atom. The van der Waals surface area contributed by atoms with E-state index in [0.717, 1.165) is 16.9 Å². The molecular weight excluding hydrogens is 332 g/mol. The Labute approximate surface area is 139 Å². The van der Waals surface area contributed by atoms with Crippen molar-refractivity contribution in [2.45, 2.75) is 24.3 Å². The van der Waals surface area contributed by atoms with E-state index in [0.29, 0.717) is 17.8 Å². The van der Waals surface area contributed by atoms with Crippen molar-refractivity contribution < 1.29 is 8.42 Å². The van der Waals surface area contributed by atoms with Gasteiger partial charge >= 0.3 is 0 Å². The van der Waals surface area contributed by atoms with Crippen LogP contribution in [0.1, 0.15) is 24.9 Å². The van der Waals surface area contributed by atoms with E-state index in [1.807, 2.05) is 19.1 Å². The molecule has 2 heterocycles. The summed E-state index contributed by atoms with van der Waals surface area (Å²) in [5.41, 5.74) is 1.94. The summed E-state index contributed by atoms with van der Waals surface area (Å²) in [5.74, 6) is 0. The van der Waals surface area contributed by atoms with Crippen molar-refractivity contribution in [3.05, 3.63) is 48.3 Å². The fraction of sp³-hybridized carbons (Fsp3) is 0.267. The Hall–Kier alpha value is -1.90. The van der Waals surface area contributed by atoms with E-state index in [1.165, 1.54) is 4.31 Å². The quantitative estimate of drug-likeness (QED) is 0.707. The van der Waals surface area contributed by atoms with Crippen molar-refractivity contribution in [1.82, 2.24) is 9.29 Å². The SMILES string of the molecule is CC[C@@H](c1ccncc1)N(C)S(=O)(=O)c1cccc2c1N=S=N2. The van der Waals surface area contributed by atoms with Crippen LogP contribution in [0, 0.1) is 0 Å². The van der Waals surface area contributed by atoms with Gasteiger partial charge < -0.3 is 0 Å². The molecule has 8 heteroatoms. The molecule has 1 aliphatic heterocycles. The fourth-order valence-corrected chi connectivity index (χ4v) is 4.77. The van der Waals surface area contributed by atoms with Gasteiger partial charge in [0.1, 0.15) is 16.3 Å². The molecule has 23 heavy (non-hydrogen) atoms. The van der Waals surface area contributed by atoms with E-state index in [2.05, 4.69) is 13.7 Å². The van der Waals surface area contributed by atoms with Gasteiger partial charge in [0.2, 0.25) is 10.0 Å². The van der Waals surface area contributed by atoms with E-state index in [9.17, 15) is 8.42 Å². The van der Waals surface area contributed by atoms with Crippen LogP contribution in [0.15, 0.2) is 56.3 Å². The zero-order chi connectivity index (χ0) is 16.4. The lowest BCUT2D eigenvalue weighted by Crippen LogP contribution is -2.31. The van der Waals surface area contributed by atoms with Crippen LogP contribution in [0.2, 0.25) is 0 Å². The molecule has 1 aromatic heterocycles. The second-order valence-electron chi connectivity index (χ2n) is 5.11. The zero-order valence-corrected chi connectivity index (χ0v) is 14.4. The second kappa shape index (κ2) is 6.31. The normalized spacial score (nSPS) is 14.6. The summed E-state index contributed by atoms with van der Waals surface area (Å²) in [7, 11) is -2.08. The number of benzene rings is 1. The predicted molar refractivity (Wildman–Crippen MR) is 90.2 cm³/mol. The first-order valence-corrected chi connectivity index (χ1v) is 9.32. The van der Waals surface area contributed by atoms with E-state index in [4.69, 9.17) is 0 Å². The minimum absolute atomic E-state index is 0.193. The summed E-state index contributed by atoms with van der Waals surface area (Å²) >= 11 is 1.01. The Morgan fingerprint density at radius 2 is 1.91 bits per heavy atom. The number of rotatable bonds is 5. The van der Waals surface area contributed by atoms with Gasteiger partial charge in [-0.25, -0.2) is 8.42 Å². The number of fused-ring (bicyclic) bond motifs is 1. The first-order chi connectivity index (χ1) is 11.1. The smallest absolute Gasteiger partial charge is 0.245 e. The first kappa shape index (κ1) is 16.0. The van der Waals surface area contributed by atoms with Gasteiger partial charge in [0, 0.05) is 25.5 Å². The molecule has 120 valence electrons. The summed E-state index contributed by atoms with van der Waals surface area (Å²) < 4.78 is 35.8. The highest BCUT2D eigenvalue weighted by Gasteiger charge is 2.31. The average Bonchev–Trinajstić information content (AvgIpc) is 3.04. The Balaban J connectivity index is 2.03. The van der Waals surface area contributed by atoms with Gasteiger partial charge in [0.15, 0.2) is 0 Å². The number of aromatic nitrogens is 1. The van der Waals surface area contributed by atoms with Crippen LogP contribution in [0.25, 0.3) is 0 Å². The summed E-state index contributed by atoms with van der Waals surface area (Å²) in [6.45, 7) is 1.96. The minimum atomic E-state index is -3.68. The minimum Gasteiger partial charge on any atom is -0.265 e. The van der Waals surface area contributed by atoms with Gasteiger partial charge in [-0.1, -0.05) is 13.0 Å². The Bertz CT molecular complexity index is 891. The average molecular weight is 348 g/mol. The van der Waals surface area contributed by atoms with E-state index in [1.54, 1.807) is 37.6 Å². The van der Waals surface area contributed by atoms with Crippen molar-refractivity contribution in [3.63, 3.8) is 0 Å². The molecule has 0 bridgehead atoms. The molecule has 0 saturated heterocycles. The molecule has 0 radical (unpaired) electrons. The molecule has 0 unspecified atom stereocenters. The molecule has 0 fully saturated rings. The Kier molecular flexibility index (Phi) is 4.38. The number of nitrogens with zero attached hydrogens (tertiary/aromatic N) is 4. The highest BCUT2D eigenvalue weighted by molar-refractivity contribution is 7.89. The highest BCUT2D eigenvalue weighted by Crippen LogP contribution is 2.40. The maximum absolute atomic E-state index is 13.1.